The van der Waals surface area contributed by atoms with Crippen molar-refractivity contribution < 1.29 is 5.11 Å². The Morgan fingerprint density at radius 3 is 1.57 bits per heavy atom. The van der Waals surface area contributed by atoms with Gasteiger partial charge in [0.25, 0.3) is 0 Å². The van der Waals surface area contributed by atoms with Crippen LogP contribution < -0.4 is 22.3 Å². The van der Waals surface area contributed by atoms with E-state index in [9.17, 15) is 5.11 Å². The first-order chi connectivity index (χ1) is 20.6. The highest BCUT2D eigenvalue weighted by Crippen LogP contribution is 2.42. The van der Waals surface area contributed by atoms with Gasteiger partial charge in [-0.25, -0.2) is 10.8 Å². The largest absolute Gasteiger partial charge is 0.396 e. The molecule has 4 aromatic carbocycles. The van der Waals surface area contributed by atoms with E-state index in [0.717, 1.165) is 27.8 Å². The van der Waals surface area contributed by atoms with Crippen LogP contribution >= 0.6 is 0 Å². The van der Waals surface area contributed by atoms with Crippen molar-refractivity contribution in [2.45, 2.75) is 38.1 Å². The van der Waals surface area contributed by atoms with Gasteiger partial charge in [0, 0.05) is 12.5 Å². The van der Waals surface area contributed by atoms with E-state index in [-0.39, 0.29) is 12.5 Å². The summed E-state index contributed by atoms with van der Waals surface area (Å²) in [6, 6.07) is 43.0. The van der Waals surface area contributed by atoms with Gasteiger partial charge in [-0.1, -0.05) is 142 Å². The van der Waals surface area contributed by atoms with Crippen LogP contribution in [0.5, 0.6) is 0 Å². The van der Waals surface area contributed by atoms with Gasteiger partial charge in [-0.2, -0.15) is 0 Å². The van der Waals surface area contributed by atoms with Crippen molar-refractivity contribution in [2.24, 2.45) is 5.84 Å². The number of anilines is 3. The lowest BCUT2D eigenvalue weighted by Gasteiger charge is -2.37. The maximum atomic E-state index is 9.97. The van der Waals surface area contributed by atoms with Crippen LogP contribution in [0.3, 0.4) is 0 Å². The number of aliphatic hydroxyl groups is 1. The van der Waals surface area contributed by atoms with Gasteiger partial charge in [0.2, 0.25) is 0 Å². The van der Waals surface area contributed by atoms with E-state index in [1.165, 1.54) is 6.42 Å². The van der Waals surface area contributed by atoms with Crippen molar-refractivity contribution in [1.29, 1.82) is 0 Å². The van der Waals surface area contributed by atoms with Crippen LogP contribution in [0.4, 0.5) is 17.3 Å². The summed E-state index contributed by atoms with van der Waals surface area (Å²) in [6.45, 7) is 4.26. The molecule has 216 valence electrons. The van der Waals surface area contributed by atoms with Crippen LogP contribution in [-0.4, -0.2) is 16.7 Å². The Morgan fingerprint density at radius 2 is 1.17 bits per heavy atom. The first-order valence-electron chi connectivity index (χ1n) is 14.5. The van der Waals surface area contributed by atoms with Gasteiger partial charge in [0.15, 0.2) is 5.82 Å². The van der Waals surface area contributed by atoms with E-state index in [2.05, 4.69) is 61.0 Å². The number of hydrazine groups is 1. The summed E-state index contributed by atoms with van der Waals surface area (Å²) in [7, 11) is 0. The molecule has 1 atom stereocenters. The quantitative estimate of drug-likeness (QED) is 0.0699. The third-order valence-electron chi connectivity index (χ3n) is 7.16. The molecule has 0 aliphatic carbocycles. The summed E-state index contributed by atoms with van der Waals surface area (Å²) in [6.07, 6.45) is 1.75. The molecular weight excluding hydrogens is 518 g/mol. The highest BCUT2D eigenvalue weighted by molar-refractivity contribution is 5.72. The molecule has 42 heavy (non-hydrogen) atoms. The van der Waals surface area contributed by atoms with Crippen molar-refractivity contribution in [3.8, 4) is 0 Å². The molecule has 5 rings (SSSR count). The number of hydrogen-bond donors (Lipinski definition) is 5. The fraction of sp³-hybridized carbons (Fsp3) is 0.194. The minimum absolute atomic E-state index is 0.0114. The minimum atomic E-state index is -0.769. The zero-order valence-corrected chi connectivity index (χ0v) is 24.4. The van der Waals surface area contributed by atoms with Crippen molar-refractivity contribution >= 4 is 17.3 Å². The monoisotopic (exact) mass is 559 g/mol. The molecule has 0 radical (unpaired) electrons. The molecule has 1 unspecified atom stereocenters. The third-order valence-corrected chi connectivity index (χ3v) is 7.16. The molecule has 6 heteroatoms. The van der Waals surface area contributed by atoms with Crippen LogP contribution in [0.1, 0.15) is 60.4 Å². The highest BCUT2D eigenvalue weighted by atomic mass is 16.3. The number of nitrogens with one attached hydrogen (secondary N) is 2. The average Bonchev–Trinajstić information content (AvgIpc) is 3.05. The lowest BCUT2D eigenvalue weighted by molar-refractivity contribution is 0.281. The van der Waals surface area contributed by atoms with Gasteiger partial charge in [0.05, 0.1) is 5.69 Å². The van der Waals surface area contributed by atoms with Crippen molar-refractivity contribution in [3.63, 3.8) is 0 Å². The standard InChI is InChI=1S/C33H33N5O.C3H8/c34-31-29(28(21-22-39)24-13-5-1-6-14-24)23-30(36-32(31)38-35)37-33(25-15-7-2-8-16-25,26-17-9-3-10-18-26)27-19-11-4-12-20-27;1-3-2/h1-20,23,28,39H,21-22,34-35H2,(H2,36,37,38);3H2,1-2H3. The summed E-state index contributed by atoms with van der Waals surface area (Å²) in [5.41, 5.74) is 14.0. The molecule has 0 bridgehead atoms. The SMILES string of the molecule is CCC.NNc1nc(NC(c2ccccc2)(c2ccccc2)c2ccccc2)cc(C(CCO)c2ccccc2)c1N. The summed E-state index contributed by atoms with van der Waals surface area (Å²) in [5, 5.41) is 13.8. The number of aliphatic hydroxyl groups excluding tert-OH is 1. The number of nitrogens with two attached hydrogens (primary N) is 2. The minimum Gasteiger partial charge on any atom is -0.396 e. The maximum Gasteiger partial charge on any atom is 0.165 e. The Labute approximate surface area is 249 Å². The molecule has 6 nitrogen and oxygen atoms in total. The number of nitrogens with zero attached hydrogens (tertiary/aromatic N) is 1. The summed E-state index contributed by atoms with van der Waals surface area (Å²) < 4.78 is 0. The molecule has 0 amide bonds. The lowest BCUT2D eigenvalue weighted by atomic mass is 9.77. The van der Waals surface area contributed by atoms with E-state index < -0.39 is 5.54 Å². The second-order valence-electron chi connectivity index (χ2n) is 10.2. The molecule has 0 aliphatic rings. The predicted octanol–water partition coefficient (Wildman–Crippen LogP) is 7.28. The van der Waals surface area contributed by atoms with Gasteiger partial charge < -0.3 is 21.6 Å². The lowest BCUT2D eigenvalue weighted by Crippen LogP contribution is -2.38. The van der Waals surface area contributed by atoms with E-state index in [4.69, 9.17) is 16.6 Å². The number of aromatic nitrogens is 1. The third kappa shape index (κ3) is 6.62. The van der Waals surface area contributed by atoms with Crippen LogP contribution in [0.25, 0.3) is 0 Å². The molecule has 1 aromatic heterocycles. The van der Waals surface area contributed by atoms with Gasteiger partial charge >= 0.3 is 0 Å². The van der Waals surface area contributed by atoms with Crippen LogP contribution in [0, 0.1) is 0 Å². The normalized spacial score (nSPS) is 11.6. The first kappa shape index (κ1) is 30.3. The molecule has 5 aromatic rings. The molecule has 0 saturated carbocycles. The van der Waals surface area contributed by atoms with Gasteiger partial charge in [-0.3, -0.25) is 0 Å². The van der Waals surface area contributed by atoms with Crippen LogP contribution in [0.2, 0.25) is 0 Å². The number of hydrogen-bond acceptors (Lipinski definition) is 6. The molecule has 0 saturated heterocycles. The van der Waals surface area contributed by atoms with Crippen molar-refractivity contribution in [1.82, 2.24) is 4.98 Å². The Morgan fingerprint density at radius 1 is 0.738 bits per heavy atom. The van der Waals surface area contributed by atoms with Gasteiger partial charge in [-0.15, -0.1) is 0 Å². The van der Waals surface area contributed by atoms with Crippen molar-refractivity contribution in [2.75, 3.05) is 23.1 Å². The molecule has 0 fully saturated rings. The highest BCUT2D eigenvalue weighted by Gasteiger charge is 2.37. The van der Waals surface area contributed by atoms with Crippen molar-refractivity contribution in [3.05, 3.63) is 155 Å². The average molecular weight is 560 g/mol. The number of rotatable bonds is 10. The first-order valence-corrected chi connectivity index (χ1v) is 14.5. The Kier molecular flexibility index (Phi) is 10.7. The second kappa shape index (κ2) is 14.8. The van der Waals surface area contributed by atoms with E-state index in [0.29, 0.717) is 23.7 Å². The van der Waals surface area contributed by atoms with E-state index in [1.54, 1.807) is 0 Å². The zero-order chi connectivity index (χ0) is 29.8. The summed E-state index contributed by atoms with van der Waals surface area (Å²) >= 11 is 0. The molecule has 1 heterocycles. The van der Waals surface area contributed by atoms with E-state index >= 15 is 0 Å². The molecule has 7 N–H and O–H groups in total. The fourth-order valence-corrected chi connectivity index (χ4v) is 5.33. The van der Waals surface area contributed by atoms with Gasteiger partial charge in [-0.05, 0) is 40.3 Å². The number of nitrogen functional groups attached to an aromatic ring is 2. The topological polar surface area (TPSA) is 109 Å². The second-order valence-corrected chi connectivity index (χ2v) is 10.2. The number of benzene rings is 4. The van der Waals surface area contributed by atoms with Gasteiger partial charge in [0.1, 0.15) is 11.4 Å². The fourth-order valence-electron chi connectivity index (χ4n) is 5.33. The number of pyridine rings is 1. The predicted molar refractivity (Wildman–Crippen MR) is 175 cm³/mol. The Balaban J connectivity index is 0.00000129. The smallest absolute Gasteiger partial charge is 0.165 e. The summed E-state index contributed by atoms with van der Waals surface area (Å²) in [5.74, 6) is 6.75. The Bertz CT molecular complexity index is 1400. The molecule has 0 spiro atoms. The molecular formula is C36H41N5O. The molecule has 0 aliphatic heterocycles. The van der Waals surface area contributed by atoms with Crippen LogP contribution in [-0.2, 0) is 5.54 Å². The maximum absolute atomic E-state index is 9.97. The van der Waals surface area contributed by atoms with E-state index in [1.807, 2.05) is 91.0 Å². The Hall–Kier alpha value is -4.65. The van der Waals surface area contributed by atoms with Crippen LogP contribution in [0.15, 0.2) is 127 Å². The zero-order valence-electron chi connectivity index (χ0n) is 24.4. The summed E-state index contributed by atoms with van der Waals surface area (Å²) in [4.78, 5) is 4.81.